The maximum atomic E-state index is 12.5. The summed E-state index contributed by atoms with van der Waals surface area (Å²) in [5.41, 5.74) is 0.731. The Bertz CT molecular complexity index is 616. The highest BCUT2D eigenvalue weighted by atomic mass is 32.2. The van der Waals surface area contributed by atoms with Crippen LogP contribution in [0.3, 0.4) is 0 Å². The predicted octanol–water partition coefficient (Wildman–Crippen LogP) is 2.16. The molecule has 0 saturated carbocycles. The number of para-hydroxylation sites is 1. The lowest BCUT2D eigenvalue weighted by atomic mass is 10.0. The number of carbonyl (C=O) groups excluding carboxylic acids is 1. The van der Waals surface area contributed by atoms with E-state index in [0.29, 0.717) is 13.0 Å². The molecular formula is C14H20N2O3S2. The number of piperidine rings is 1. The van der Waals surface area contributed by atoms with Gasteiger partial charge in [-0.05, 0) is 31.2 Å². The molecule has 0 aliphatic carbocycles. The molecule has 1 aromatic carbocycles. The summed E-state index contributed by atoms with van der Waals surface area (Å²) in [6.07, 6.45) is 5.34. The Morgan fingerprint density at radius 3 is 2.71 bits per heavy atom. The zero-order valence-electron chi connectivity index (χ0n) is 12.2. The van der Waals surface area contributed by atoms with Gasteiger partial charge >= 0.3 is 0 Å². The van der Waals surface area contributed by atoms with E-state index in [1.807, 2.05) is 30.5 Å². The maximum Gasteiger partial charge on any atom is 0.242 e. The van der Waals surface area contributed by atoms with Crippen molar-refractivity contribution in [2.24, 2.45) is 0 Å². The molecule has 1 saturated heterocycles. The number of benzene rings is 1. The first-order valence-electron chi connectivity index (χ1n) is 6.84. The van der Waals surface area contributed by atoms with Crippen molar-refractivity contribution >= 4 is 33.4 Å². The van der Waals surface area contributed by atoms with E-state index in [-0.39, 0.29) is 5.91 Å². The predicted molar refractivity (Wildman–Crippen MR) is 86.0 cm³/mol. The van der Waals surface area contributed by atoms with Crippen LogP contribution in [0.1, 0.15) is 19.3 Å². The summed E-state index contributed by atoms with van der Waals surface area (Å²) in [5, 5.41) is 2.87. The largest absolute Gasteiger partial charge is 0.324 e. The third-order valence-corrected chi connectivity index (χ3v) is 5.63. The van der Waals surface area contributed by atoms with Gasteiger partial charge in [0.05, 0.1) is 11.9 Å². The van der Waals surface area contributed by atoms with Crippen molar-refractivity contribution in [1.29, 1.82) is 0 Å². The van der Waals surface area contributed by atoms with Crippen LogP contribution < -0.4 is 5.32 Å². The second kappa shape index (κ2) is 6.81. The van der Waals surface area contributed by atoms with Crippen molar-refractivity contribution in [2.75, 3.05) is 24.4 Å². The highest BCUT2D eigenvalue weighted by Crippen LogP contribution is 2.26. The topological polar surface area (TPSA) is 66.5 Å². The summed E-state index contributed by atoms with van der Waals surface area (Å²) in [6, 6.07) is 6.91. The Morgan fingerprint density at radius 2 is 2.05 bits per heavy atom. The minimum absolute atomic E-state index is 0.248. The van der Waals surface area contributed by atoms with Gasteiger partial charge in [-0.1, -0.05) is 18.6 Å². The van der Waals surface area contributed by atoms with E-state index >= 15 is 0 Å². The molecule has 1 N–H and O–H groups in total. The molecule has 1 aromatic rings. The first kappa shape index (κ1) is 16.3. The van der Waals surface area contributed by atoms with Crippen LogP contribution in [0.25, 0.3) is 0 Å². The lowest BCUT2D eigenvalue weighted by molar-refractivity contribution is -0.120. The number of nitrogens with zero attached hydrogens (tertiary/aromatic N) is 1. The van der Waals surface area contributed by atoms with E-state index in [4.69, 9.17) is 0 Å². The monoisotopic (exact) mass is 328 g/mol. The molecule has 1 aliphatic rings. The van der Waals surface area contributed by atoms with Crippen LogP contribution in [0.2, 0.25) is 0 Å². The number of amides is 1. The third-order valence-electron chi connectivity index (χ3n) is 3.55. The zero-order valence-corrected chi connectivity index (χ0v) is 13.8. The first-order chi connectivity index (χ1) is 9.93. The average Bonchev–Trinajstić information content (AvgIpc) is 2.47. The number of nitrogens with one attached hydrogen (secondary N) is 1. The van der Waals surface area contributed by atoms with E-state index in [0.717, 1.165) is 29.7 Å². The fraction of sp³-hybridized carbons (Fsp3) is 0.500. The van der Waals surface area contributed by atoms with Gasteiger partial charge in [0.2, 0.25) is 15.9 Å². The molecule has 2 rings (SSSR count). The maximum absolute atomic E-state index is 12.5. The SMILES string of the molecule is CSc1ccccc1NC(=O)[C@@H]1CCCCN1S(C)(=O)=O. The summed E-state index contributed by atoms with van der Waals surface area (Å²) in [4.78, 5) is 13.4. The molecule has 0 bridgehead atoms. The van der Waals surface area contributed by atoms with Gasteiger partial charge in [0, 0.05) is 11.4 Å². The Morgan fingerprint density at radius 1 is 1.33 bits per heavy atom. The molecule has 1 heterocycles. The van der Waals surface area contributed by atoms with E-state index in [1.165, 1.54) is 4.31 Å². The van der Waals surface area contributed by atoms with Gasteiger partial charge in [0.25, 0.3) is 0 Å². The number of hydrogen-bond acceptors (Lipinski definition) is 4. The summed E-state index contributed by atoms with van der Waals surface area (Å²) in [7, 11) is -3.36. The van der Waals surface area contributed by atoms with Crippen molar-refractivity contribution in [3.05, 3.63) is 24.3 Å². The molecule has 0 radical (unpaired) electrons. The first-order valence-corrected chi connectivity index (χ1v) is 9.91. The van der Waals surface area contributed by atoms with Crippen molar-refractivity contribution in [2.45, 2.75) is 30.2 Å². The molecule has 116 valence electrons. The van der Waals surface area contributed by atoms with Crippen LogP contribution in [-0.4, -0.2) is 43.7 Å². The zero-order chi connectivity index (χ0) is 15.5. The second-order valence-corrected chi connectivity index (χ2v) is 7.86. The summed E-state index contributed by atoms with van der Waals surface area (Å²) in [6.45, 7) is 0.418. The van der Waals surface area contributed by atoms with E-state index in [9.17, 15) is 13.2 Å². The molecule has 0 spiro atoms. The summed E-state index contributed by atoms with van der Waals surface area (Å²) >= 11 is 1.54. The van der Waals surface area contributed by atoms with E-state index in [1.54, 1.807) is 11.8 Å². The van der Waals surface area contributed by atoms with Crippen molar-refractivity contribution in [1.82, 2.24) is 4.31 Å². The number of anilines is 1. The summed E-state index contributed by atoms with van der Waals surface area (Å²) < 4.78 is 25.0. The van der Waals surface area contributed by atoms with Gasteiger partial charge in [0.15, 0.2) is 0 Å². The van der Waals surface area contributed by atoms with Crippen LogP contribution in [0.4, 0.5) is 5.69 Å². The van der Waals surface area contributed by atoms with Crippen LogP contribution >= 0.6 is 11.8 Å². The number of thioether (sulfide) groups is 1. The smallest absolute Gasteiger partial charge is 0.242 e. The molecule has 21 heavy (non-hydrogen) atoms. The fourth-order valence-corrected chi connectivity index (χ4v) is 4.21. The Hall–Kier alpha value is -1.05. The number of hydrogen-bond donors (Lipinski definition) is 1. The van der Waals surface area contributed by atoms with Crippen molar-refractivity contribution in [3.8, 4) is 0 Å². The molecule has 1 amide bonds. The molecule has 5 nitrogen and oxygen atoms in total. The van der Waals surface area contributed by atoms with Crippen molar-refractivity contribution < 1.29 is 13.2 Å². The molecule has 1 fully saturated rings. The number of rotatable bonds is 4. The van der Waals surface area contributed by atoms with E-state index < -0.39 is 16.1 Å². The lowest BCUT2D eigenvalue weighted by Crippen LogP contribution is -2.49. The molecule has 0 unspecified atom stereocenters. The third kappa shape index (κ3) is 3.99. The quantitative estimate of drug-likeness (QED) is 0.860. The second-order valence-electron chi connectivity index (χ2n) is 5.07. The molecular weight excluding hydrogens is 308 g/mol. The molecule has 0 aromatic heterocycles. The average molecular weight is 328 g/mol. The Labute approximate surface area is 130 Å². The van der Waals surface area contributed by atoms with Crippen LogP contribution in [0.15, 0.2) is 29.2 Å². The standard InChI is InChI=1S/C14H20N2O3S2/c1-20-13-9-4-3-7-11(13)15-14(17)12-8-5-6-10-16(12)21(2,18)19/h3-4,7,9,12H,5-6,8,10H2,1-2H3,(H,15,17)/t12-/m0/s1. The lowest BCUT2D eigenvalue weighted by Gasteiger charge is -2.32. The number of carbonyl (C=O) groups is 1. The molecule has 7 heteroatoms. The van der Waals surface area contributed by atoms with E-state index in [2.05, 4.69) is 5.32 Å². The highest BCUT2D eigenvalue weighted by Gasteiger charge is 2.34. The molecule has 1 aliphatic heterocycles. The fourth-order valence-electron chi connectivity index (χ4n) is 2.53. The highest BCUT2D eigenvalue weighted by molar-refractivity contribution is 7.98. The van der Waals surface area contributed by atoms with Gasteiger partial charge in [-0.25, -0.2) is 8.42 Å². The van der Waals surface area contributed by atoms with Crippen LogP contribution in [0, 0.1) is 0 Å². The Kier molecular flexibility index (Phi) is 5.29. The van der Waals surface area contributed by atoms with Gasteiger partial charge in [-0.15, -0.1) is 11.8 Å². The summed E-state index contributed by atoms with van der Waals surface area (Å²) in [5.74, 6) is -0.248. The minimum Gasteiger partial charge on any atom is -0.324 e. The van der Waals surface area contributed by atoms with Crippen LogP contribution in [0.5, 0.6) is 0 Å². The van der Waals surface area contributed by atoms with Crippen LogP contribution in [-0.2, 0) is 14.8 Å². The minimum atomic E-state index is -3.36. The molecule has 1 atom stereocenters. The van der Waals surface area contributed by atoms with Gasteiger partial charge in [-0.3, -0.25) is 4.79 Å². The number of sulfonamides is 1. The van der Waals surface area contributed by atoms with Crippen molar-refractivity contribution in [3.63, 3.8) is 0 Å². The normalized spacial score (nSPS) is 20.2. The Balaban J connectivity index is 2.18. The van der Waals surface area contributed by atoms with Gasteiger partial charge < -0.3 is 5.32 Å². The van der Waals surface area contributed by atoms with Gasteiger partial charge in [-0.2, -0.15) is 4.31 Å². The van der Waals surface area contributed by atoms with Gasteiger partial charge in [0.1, 0.15) is 6.04 Å².